The number of aromatic nitrogens is 2. The molecule has 6 heteroatoms. The van der Waals surface area contributed by atoms with Gasteiger partial charge in [0.25, 0.3) is 0 Å². The van der Waals surface area contributed by atoms with Crippen molar-refractivity contribution in [1.29, 1.82) is 0 Å². The average molecular weight is 280 g/mol. The van der Waals surface area contributed by atoms with Gasteiger partial charge in [-0.1, -0.05) is 13.8 Å². The molecule has 0 radical (unpaired) electrons. The minimum atomic E-state index is -1.01. The Morgan fingerprint density at radius 3 is 2.90 bits per heavy atom. The molecule has 1 aromatic rings. The molecule has 1 aliphatic rings. The first kappa shape index (κ1) is 14.8. The van der Waals surface area contributed by atoms with E-state index in [1.54, 1.807) is 6.33 Å². The first-order chi connectivity index (χ1) is 9.47. The van der Waals surface area contributed by atoms with E-state index in [0.717, 1.165) is 18.8 Å². The first-order valence-electron chi connectivity index (χ1n) is 7.18. The van der Waals surface area contributed by atoms with Gasteiger partial charge < -0.3 is 19.9 Å². The van der Waals surface area contributed by atoms with Crippen molar-refractivity contribution in [2.45, 2.75) is 45.3 Å². The lowest BCUT2D eigenvalue weighted by atomic mass is 10.0. The third-order valence-corrected chi connectivity index (χ3v) is 4.01. The second-order valence-electron chi connectivity index (χ2n) is 5.94. The predicted molar refractivity (Wildman–Crippen MR) is 76.6 cm³/mol. The highest BCUT2D eigenvalue weighted by Gasteiger charge is 2.23. The molecule has 2 atom stereocenters. The third-order valence-electron chi connectivity index (χ3n) is 4.01. The fourth-order valence-corrected chi connectivity index (χ4v) is 2.81. The fourth-order valence-electron chi connectivity index (χ4n) is 2.81. The van der Waals surface area contributed by atoms with Gasteiger partial charge in [-0.25, -0.2) is 9.78 Å². The monoisotopic (exact) mass is 280 g/mol. The average Bonchev–Trinajstić information content (AvgIpc) is 2.97. The van der Waals surface area contributed by atoms with Crippen LogP contribution in [-0.2, 0) is 6.54 Å². The van der Waals surface area contributed by atoms with E-state index in [4.69, 9.17) is 5.11 Å². The van der Waals surface area contributed by atoms with E-state index in [1.807, 2.05) is 20.0 Å². The zero-order valence-corrected chi connectivity index (χ0v) is 12.4. The number of hydrogen-bond acceptors (Lipinski definition) is 3. The van der Waals surface area contributed by atoms with Crippen molar-refractivity contribution in [2.24, 2.45) is 5.92 Å². The zero-order chi connectivity index (χ0) is 14.7. The quantitative estimate of drug-likeness (QED) is 0.864. The Balaban J connectivity index is 2.04. The van der Waals surface area contributed by atoms with E-state index in [2.05, 4.69) is 26.8 Å². The van der Waals surface area contributed by atoms with Gasteiger partial charge in [0.1, 0.15) is 0 Å². The van der Waals surface area contributed by atoms with Gasteiger partial charge in [0.05, 0.1) is 18.1 Å². The molecule has 1 amide bonds. The number of carbonyl (C=O) groups is 1. The lowest BCUT2D eigenvalue weighted by Crippen LogP contribution is -2.30. The molecule has 1 aliphatic heterocycles. The molecule has 1 fully saturated rings. The molecule has 6 nitrogen and oxygen atoms in total. The second-order valence-corrected chi connectivity index (χ2v) is 5.94. The standard InChI is InChI=1S/C14H24N4O2/c1-10(2)13(16-14(19)20)12-8-18(9-15-12)7-11-5-4-6-17(11)3/h8-11,13,16H,4-7H2,1-3H3,(H,19,20)/t11-,13+/m1/s1. The van der Waals surface area contributed by atoms with Crippen molar-refractivity contribution in [3.63, 3.8) is 0 Å². The number of amides is 1. The lowest BCUT2D eigenvalue weighted by molar-refractivity contribution is 0.185. The summed E-state index contributed by atoms with van der Waals surface area (Å²) in [6, 6.07) is 0.303. The van der Waals surface area contributed by atoms with Crippen LogP contribution >= 0.6 is 0 Å². The maximum absolute atomic E-state index is 10.9. The number of nitrogens with zero attached hydrogens (tertiary/aromatic N) is 3. The fraction of sp³-hybridized carbons (Fsp3) is 0.714. The van der Waals surface area contributed by atoms with Crippen LogP contribution in [0.25, 0.3) is 0 Å². The highest BCUT2D eigenvalue weighted by atomic mass is 16.4. The zero-order valence-electron chi connectivity index (χ0n) is 12.4. The van der Waals surface area contributed by atoms with Gasteiger partial charge in [-0.15, -0.1) is 0 Å². The summed E-state index contributed by atoms with van der Waals surface area (Å²) >= 11 is 0. The van der Waals surface area contributed by atoms with E-state index in [1.165, 1.54) is 12.8 Å². The topological polar surface area (TPSA) is 70.4 Å². The third kappa shape index (κ3) is 3.50. The Hall–Kier alpha value is -1.56. The van der Waals surface area contributed by atoms with Crippen LogP contribution in [0.4, 0.5) is 4.79 Å². The van der Waals surface area contributed by atoms with Crippen molar-refractivity contribution in [1.82, 2.24) is 19.8 Å². The Morgan fingerprint density at radius 1 is 1.60 bits per heavy atom. The number of imidazole rings is 1. The smallest absolute Gasteiger partial charge is 0.405 e. The van der Waals surface area contributed by atoms with Crippen LogP contribution in [0.5, 0.6) is 0 Å². The Morgan fingerprint density at radius 2 is 2.35 bits per heavy atom. The molecule has 0 aliphatic carbocycles. The SMILES string of the molecule is CC(C)[C@H](NC(=O)O)c1cn(C[C@H]2CCCN2C)cn1. The Bertz CT molecular complexity index is 458. The van der Waals surface area contributed by atoms with E-state index in [0.29, 0.717) is 6.04 Å². The molecular formula is C14H24N4O2. The second kappa shape index (κ2) is 6.26. The first-order valence-corrected chi connectivity index (χ1v) is 7.18. The van der Waals surface area contributed by atoms with Crippen LogP contribution < -0.4 is 5.32 Å². The van der Waals surface area contributed by atoms with Gasteiger partial charge in [0.15, 0.2) is 0 Å². The molecule has 2 rings (SSSR count). The van der Waals surface area contributed by atoms with Crippen molar-refractivity contribution < 1.29 is 9.90 Å². The number of likely N-dealkylation sites (tertiary alicyclic amines) is 1. The van der Waals surface area contributed by atoms with Crippen LogP contribution in [0.15, 0.2) is 12.5 Å². The molecule has 1 saturated heterocycles. The summed E-state index contributed by atoms with van der Waals surface area (Å²) < 4.78 is 2.07. The Labute approximate surface area is 119 Å². The van der Waals surface area contributed by atoms with Crippen molar-refractivity contribution >= 4 is 6.09 Å². The molecule has 112 valence electrons. The number of hydrogen-bond donors (Lipinski definition) is 2. The number of rotatable bonds is 5. The molecule has 0 saturated carbocycles. The van der Waals surface area contributed by atoms with E-state index in [9.17, 15) is 4.79 Å². The lowest BCUT2D eigenvalue weighted by Gasteiger charge is -2.20. The van der Waals surface area contributed by atoms with Gasteiger partial charge in [0, 0.05) is 18.8 Å². The molecule has 20 heavy (non-hydrogen) atoms. The molecule has 2 heterocycles. The molecule has 0 bridgehead atoms. The molecule has 0 aromatic carbocycles. The van der Waals surface area contributed by atoms with Crippen LogP contribution in [-0.4, -0.2) is 45.3 Å². The summed E-state index contributed by atoms with van der Waals surface area (Å²) in [5.74, 6) is 0.170. The minimum Gasteiger partial charge on any atom is -0.465 e. The van der Waals surface area contributed by atoms with Gasteiger partial charge in [-0.2, -0.15) is 0 Å². The molecule has 1 aromatic heterocycles. The number of nitrogens with one attached hydrogen (secondary N) is 1. The summed E-state index contributed by atoms with van der Waals surface area (Å²) in [7, 11) is 2.15. The van der Waals surface area contributed by atoms with Gasteiger partial charge in [0.2, 0.25) is 0 Å². The largest absolute Gasteiger partial charge is 0.465 e. The highest BCUT2D eigenvalue weighted by Crippen LogP contribution is 2.21. The maximum atomic E-state index is 10.9. The summed E-state index contributed by atoms with van der Waals surface area (Å²) in [6.07, 6.45) is 5.23. The van der Waals surface area contributed by atoms with E-state index >= 15 is 0 Å². The van der Waals surface area contributed by atoms with Crippen LogP contribution in [0.2, 0.25) is 0 Å². The Kier molecular flexibility index (Phi) is 4.65. The predicted octanol–water partition coefficient (Wildman–Crippen LogP) is 1.94. The van der Waals surface area contributed by atoms with Gasteiger partial charge in [-0.3, -0.25) is 0 Å². The summed E-state index contributed by atoms with van der Waals surface area (Å²) in [5, 5.41) is 11.5. The molecular weight excluding hydrogens is 256 g/mol. The summed E-state index contributed by atoms with van der Waals surface area (Å²) in [5.41, 5.74) is 0.794. The minimum absolute atomic E-state index is 0.170. The van der Waals surface area contributed by atoms with Crippen LogP contribution in [0, 0.1) is 5.92 Å². The normalized spacial score (nSPS) is 21.3. The van der Waals surface area contributed by atoms with Crippen LogP contribution in [0.3, 0.4) is 0 Å². The molecule has 2 N–H and O–H groups in total. The number of likely N-dealkylation sites (N-methyl/N-ethyl adjacent to an activating group) is 1. The molecule has 0 unspecified atom stereocenters. The number of carboxylic acid groups (broad SMARTS) is 1. The van der Waals surface area contributed by atoms with Crippen molar-refractivity contribution in [3.05, 3.63) is 18.2 Å². The van der Waals surface area contributed by atoms with Crippen molar-refractivity contribution in [2.75, 3.05) is 13.6 Å². The highest BCUT2D eigenvalue weighted by molar-refractivity contribution is 5.65. The van der Waals surface area contributed by atoms with Gasteiger partial charge in [-0.05, 0) is 32.4 Å². The van der Waals surface area contributed by atoms with Gasteiger partial charge >= 0.3 is 6.09 Å². The maximum Gasteiger partial charge on any atom is 0.405 e. The van der Waals surface area contributed by atoms with E-state index < -0.39 is 6.09 Å². The van der Waals surface area contributed by atoms with Crippen LogP contribution in [0.1, 0.15) is 38.4 Å². The summed E-state index contributed by atoms with van der Waals surface area (Å²) in [4.78, 5) is 17.6. The van der Waals surface area contributed by atoms with Crippen molar-refractivity contribution in [3.8, 4) is 0 Å². The molecule has 0 spiro atoms. The summed E-state index contributed by atoms with van der Waals surface area (Å²) in [6.45, 7) is 6.05. The van der Waals surface area contributed by atoms with E-state index in [-0.39, 0.29) is 12.0 Å².